The van der Waals surface area contributed by atoms with Crippen LogP contribution in [0.5, 0.6) is 0 Å². The maximum Gasteiger partial charge on any atom is -0.0533 e. The Labute approximate surface area is 257 Å². The third kappa shape index (κ3) is 48.1. The van der Waals surface area contributed by atoms with Crippen molar-refractivity contribution >= 4 is 0 Å². The topological polar surface area (TPSA) is 0 Å². The lowest BCUT2D eigenvalue weighted by Crippen LogP contribution is -1.85. The molecule has 0 aliphatic heterocycles. The molecule has 0 N–H and O–H groups in total. The van der Waals surface area contributed by atoms with Gasteiger partial charge in [0.05, 0.1) is 0 Å². The van der Waals surface area contributed by atoms with Gasteiger partial charge in [-0.15, -0.1) is 0 Å². The van der Waals surface area contributed by atoms with Crippen molar-refractivity contribution in [2.75, 3.05) is 0 Å². The Morgan fingerprint density at radius 1 is 0.0769 bits per heavy atom. The standard InChI is InChI=1S/8C4H8.7CH4/c8*1-2-4-3-1;;;;;;;/h8*1-4H2;7*1H4. The van der Waals surface area contributed by atoms with Crippen LogP contribution in [0, 0.1) is 0 Å². The summed E-state index contributed by atoms with van der Waals surface area (Å²) in [6.45, 7) is 0. The van der Waals surface area contributed by atoms with E-state index in [9.17, 15) is 0 Å². The van der Waals surface area contributed by atoms with Gasteiger partial charge in [-0.25, -0.2) is 0 Å². The van der Waals surface area contributed by atoms with Crippen molar-refractivity contribution in [2.45, 2.75) is 257 Å². The summed E-state index contributed by atoms with van der Waals surface area (Å²) < 4.78 is 0. The molecule has 0 heterocycles. The van der Waals surface area contributed by atoms with Crippen LogP contribution in [0.3, 0.4) is 0 Å². The zero-order chi connectivity index (χ0) is 22.6. The molecule has 0 saturated heterocycles. The first-order valence-corrected chi connectivity index (χ1v) is 16.0. The lowest BCUT2D eigenvalue weighted by atomic mass is 10.0. The second-order valence-corrected chi connectivity index (χ2v) is 11.3. The fourth-order valence-corrected chi connectivity index (χ4v) is 2.00. The molecule has 0 spiro atoms. The second kappa shape index (κ2) is 50.8. The lowest BCUT2D eigenvalue weighted by molar-refractivity contribution is 0.504. The molecule has 0 aromatic carbocycles. The largest absolute Gasteiger partial charge is 0.0776 e. The molecule has 0 heteroatoms. The van der Waals surface area contributed by atoms with Gasteiger partial charge in [0.25, 0.3) is 0 Å². The van der Waals surface area contributed by atoms with Gasteiger partial charge in [-0.2, -0.15) is 0 Å². The molecule has 0 unspecified atom stereocenters. The summed E-state index contributed by atoms with van der Waals surface area (Å²) in [5, 5.41) is 0. The molecule has 8 rings (SSSR count). The third-order valence-electron chi connectivity index (χ3n) is 8.00. The van der Waals surface area contributed by atoms with E-state index in [4.69, 9.17) is 0 Å². The summed E-state index contributed by atoms with van der Waals surface area (Å²) >= 11 is 0. The smallest absolute Gasteiger partial charge is 0.0533 e. The molecule has 0 aromatic heterocycles. The van der Waals surface area contributed by atoms with E-state index in [0.717, 1.165) is 0 Å². The summed E-state index contributed by atoms with van der Waals surface area (Å²) in [6.07, 6.45) is 48.0. The highest BCUT2D eigenvalue weighted by atomic mass is 14.0. The Morgan fingerprint density at radius 3 is 0.103 bits per heavy atom. The van der Waals surface area contributed by atoms with E-state index >= 15 is 0 Å². The quantitative estimate of drug-likeness (QED) is 0.276. The van der Waals surface area contributed by atoms with Gasteiger partial charge in [0.15, 0.2) is 0 Å². The zero-order valence-corrected chi connectivity index (χ0v) is 22.6. The van der Waals surface area contributed by atoms with Gasteiger partial charge in [-0.05, 0) is 0 Å². The predicted octanol–water partition coefficient (Wildman–Crippen LogP) is 16.9. The van der Waals surface area contributed by atoms with Gasteiger partial charge in [0.1, 0.15) is 0 Å². The second-order valence-electron chi connectivity index (χ2n) is 11.3. The van der Waals surface area contributed by atoms with E-state index in [1.165, 1.54) is 205 Å². The molecule has 248 valence electrons. The highest BCUT2D eigenvalue weighted by molar-refractivity contribution is 4.53. The predicted molar refractivity (Wildman–Crippen MR) is 195 cm³/mol. The summed E-state index contributed by atoms with van der Waals surface area (Å²) in [5.74, 6) is 0. The molecule has 0 bridgehead atoms. The monoisotopic (exact) mass is 561 g/mol. The third-order valence-corrected chi connectivity index (χ3v) is 8.00. The fourth-order valence-electron chi connectivity index (χ4n) is 2.00. The molecule has 8 saturated carbocycles. The Balaban J connectivity index is -0.0000000585. The van der Waals surface area contributed by atoms with Crippen LogP contribution in [0.15, 0.2) is 0 Å². The van der Waals surface area contributed by atoms with Crippen molar-refractivity contribution in [1.82, 2.24) is 0 Å². The zero-order valence-electron chi connectivity index (χ0n) is 22.6. The van der Waals surface area contributed by atoms with E-state index in [1.54, 1.807) is 0 Å². The first-order chi connectivity index (χ1) is 16.0. The van der Waals surface area contributed by atoms with Crippen LogP contribution in [-0.2, 0) is 0 Å². The number of hydrogen-bond acceptors (Lipinski definition) is 0. The summed E-state index contributed by atoms with van der Waals surface area (Å²) in [7, 11) is 0. The molecule has 0 atom stereocenters. The minimum absolute atomic E-state index is 0. The van der Waals surface area contributed by atoms with Crippen molar-refractivity contribution in [1.29, 1.82) is 0 Å². The highest BCUT2D eigenvalue weighted by Crippen LogP contribution is 2.17. The first-order valence-electron chi connectivity index (χ1n) is 16.0. The van der Waals surface area contributed by atoms with Crippen molar-refractivity contribution in [2.24, 2.45) is 0 Å². The molecular weight excluding hydrogens is 468 g/mol. The van der Waals surface area contributed by atoms with Gasteiger partial charge in [0.2, 0.25) is 0 Å². The van der Waals surface area contributed by atoms with E-state index in [2.05, 4.69) is 0 Å². The van der Waals surface area contributed by atoms with Gasteiger partial charge < -0.3 is 0 Å². The number of rotatable bonds is 0. The molecular formula is C39H92. The molecule has 39 heavy (non-hydrogen) atoms. The molecule has 0 aromatic rings. The van der Waals surface area contributed by atoms with Crippen LogP contribution in [0.25, 0.3) is 0 Å². The SMILES string of the molecule is C.C.C.C.C.C.C.C1CCC1.C1CCC1.C1CCC1.C1CCC1.C1CCC1.C1CCC1.C1CCC1.C1CCC1. The summed E-state index contributed by atoms with van der Waals surface area (Å²) in [4.78, 5) is 0. The Hall–Kier alpha value is 0. The van der Waals surface area contributed by atoms with Crippen LogP contribution >= 0.6 is 0 Å². The van der Waals surface area contributed by atoms with Crippen LogP contribution in [0.2, 0.25) is 0 Å². The van der Waals surface area contributed by atoms with Gasteiger partial charge in [-0.3, -0.25) is 0 Å². The first kappa shape index (κ1) is 55.0. The van der Waals surface area contributed by atoms with Gasteiger partial charge in [0, 0.05) is 0 Å². The van der Waals surface area contributed by atoms with Gasteiger partial charge >= 0.3 is 0 Å². The summed E-state index contributed by atoms with van der Waals surface area (Å²) in [5.41, 5.74) is 0. The van der Waals surface area contributed by atoms with Crippen LogP contribution < -0.4 is 0 Å². The van der Waals surface area contributed by atoms with Crippen molar-refractivity contribution in [3.63, 3.8) is 0 Å². The maximum atomic E-state index is 1.50. The fraction of sp³-hybridized carbons (Fsp3) is 1.00. The molecule has 8 aliphatic carbocycles. The van der Waals surface area contributed by atoms with E-state index in [0.29, 0.717) is 0 Å². The van der Waals surface area contributed by atoms with Crippen molar-refractivity contribution in [3.05, 3.63) is 0 Å². The van der Waals surface area contributed by atoms with E-state index in [1.807, 2.05) is 0 Å². The summed E-state index contributed by atoms with van der Waals surface area (Å²) in [6, 6.07) is 0. The molecule has 0 amide bonds. The van der Waals surface area contributed by atoms with Crippen molar-refractivity contribution < 1.29 is 0 Å². The molecule has 8 fully saturated rings. The normalized spacial score (nSPS) is 19.7. The molecule has 8 aliphatic rings. The molecule has 0 radical (unpaired) electrons. The number of hydrogen-bond donors (Lipinski definition) is 0. The average molecular weight is 561 g/mol. The Morgan fingerprint density at radius 2 is 0.103 bits per heavy atom. The van der Waals surface area contributed by atoms with Gasteiger partial charge in [-0.1, -0.05) is 257 Å². The molecule has 0 nitrogen and oxygen atoms in total. The maximum absolute atomic E-state index is 1.50. The lowest BCUT2D eigenvalue weighted by Gasteiger charge is -2.05. The van der Waals surface area contributed by atoms with E-state index < -0.39 is 0 Å². The average Bonchev–Trinajstić information content (AvgIpc) is 2.16. The Bertz CT molecular complexity index is 160. The van der Waals surface area contributed by atoms with Crippen molar-refractivity contribution in [3.8, 4) is 0 Å². The van der Waals surface area contributed by atoms with Crippen LogP contribution in [0.1, 0.15) is 257 Å². The van der Waals surface area contributed by atoms with Crippen LogP contribution in [-0.4, -0.2) is 0 Å². The van der Waals surface area contributed by atoms with Crippen LogP contribution in [0.4, 0.5) is 0 Å². The van der Waals surface area contributed by atoms with E-state index in [-0.39, 0.29) is 52.0 Å². The minimum atomic E-state index is 0. The highest BCUT2D eigenvalue weighted by Gasteiger charge is 1.98. The Kier molecular flexibility index (Phi) is 71.6. The minimum Gasteiger partial charge on any atom is -0.0776 e.